The van der Waals surface area contributed by atoms with Crippen LogP contribution in [0.5, 0.6) is 5.75 Å². The quantitative estimate of drug-likeness (QED) is 0.361. The van der Waals surface area contributed by atoms with Gasteiger partial charge in [0.1, 0.15) is 0 Å². The number of hydrogen-bond acceptors (Lipinski definition) is 3. The van der Waals surface area contributed by atoms with Gasteiger partial charge in [0.15, 0.2) is 5.75 Å². The average molecular weight is 260 g/mol. The van der Waals surface area contributed by atoms with Crippen molar-refractivity contribution in [2.24, 2.45) is 0 Å². The summed E-state index contributed by atoms with van der Waals surface area (Å²) in [5, 5.41) is 10.7. The van der Waals surface area contributed by atoms with Crippen molar-refractivity contribution in [1.82, 2.24) is 0 Å². The van der Waals surface area contributed by atoms with Gasteiger partial charge in [-0.15, -0.1) is 12.3 Å². The van der Waals surface area contributed by atoms with Crippen molar-refractivity contribution < 1.29 is 9.66 Å². The number of rotatable bonds is 4. The summed E-state index contributed by atoms with van der Waals surface area (Å²) in [6.45, 7) is 0.258. The predicted octanol–water partition coefficient (Wildman–Crippen LogP) is 3.30. The molecule has 0 saturated carbocycles. The maximum Gasteiger partial charge on any atom is 0.272 e. The molecule has 0 aliphatic heterocycles. The van der Waals surface area contributed by atoms with E-state index in [1.54, 1.807) is 0 Å². The average Bonchev–Trinajstić information content (AvgIpc) is 2.21. The molecule has 0 atom stereocenters. The minimum absolute atomic E-state index is 0.0937. The molecule has 0 aliphatic rings. The number of nitrogens with zero attached hydrogens (tertiary/aromatic N) is 1. The van der Waals surface area contributed by atoms with E-state index in [-0.39, 0.29) is 28.1 Å². The van der Waals surface area contributed by atoms with E-state index in [9.17, 15) is 10.1 Å². The number of halogens is 2. The molecule has 0 spiro atoms. The number of hydrogen-bond donors (Lipinski definition) is 0. The largest absolute Gasteiger partial charge is 0.489 e. The number of nitro groups is 1. The molecule has 0 heterocycles. The molecule has 84 valence electrons. The lowest BCUT2D eigenvalue weighted by Crippen LogP contribution is -1.98. The van der Waals surface area contributed by atoms with Crippen LogP contribution in [0.15, 0.2) is 12.1 Å². The summed E-state index contributed by atoms with van der Waals surface area (Å²) in [6.07, 6.45) is 5.45. The van der Waals surface area contributed by atoms with Crippen LogP contribution in [-0.2, 0) is 0 Å². The van der Waals surface area contributed by atoms with Crippen LogP contribution in [0.2, 0.25) is 10.0 Å². The molecule has 0 aliphatic carbocycles. The number of terminal acetylenes is 1. The fourth-order valence-corrected chi connectivity index (χ4v) is 1.59. The van der Waals surface area contributed by atoms with E-state index in [1.165, 1.54) is 12.1 Å². The Hall–Kier alpha value is -1.44. The van der Waals surface area contributed by atoms with Gasteiger partial charge in [0.25, 0.3) is 5.69 Å². The number of benzene rings is 1. The number of nitro benzene ring substituents is 1. The fraction of sp³-hybridized carbons (Fsp3) is 0.200. The summed E-state index contributed by atoms with van der Waals surface area (Å²) < 4.78 is 5.21. The van der Waals surface area contributed by atoms with E-state index in [4.69, 9.17) is 34.4 Å². The molecule has 1 rings (SSSR count). The van der Waals surface area contributed by atoms with Crippen LogP contribution in [0, 0.1) is 22.5 Å². The molecule has 0 saturated heterocycles. The third-order valence-electron chi connectivity index (χ3n) is 1.69. The van der Waals surface area contributed by atoms with Gasteiger partial charge in [-0.25, -0.2) is 0 Å². The lowest BCUT2D eigenvalue weighted by Gasteiger charge is -2.08. The lowest BCUT2D eigenvalue weighted by molar-refractivity contribution is -0.384. The summed E-state index contributed by atoms with van der Waals surface area (Å²) >= 11 is 11.6. The minimum Gasteiger partial charge on any atom is -0.489 e. The molecular weight excluding hydrogens is 253 g/mol. The molecule has 0 bridgehead atoms. The van der Waals surface area contributed by atoms with Gasteiger partial charge < -0.3 is 4.74 Å². The second-order valence-electron chi connectivity index (χ2n) is 2.80. The Morgan fingerprint density at radius 3 is 2.44 bits per heavy atom. The van der Waals surface area contributed by atoms with Crippen molar-refractivity contribution in [3.8, 4) is 18.1 Å². The first-order valence-electron chi connectivity index (χ1n) is 4.26. The van der Waals surface area contributed by atoms with Crippen LogP contribution >= 0.6 is 23.2 Å². The highest BCUT2D eigenvalue weighted by Crippen LogP contribution is 2.36. The molecule has 0 radical (unpaired) electrons. The highest BCUT2D eigenvalue weighted by atomic mass is 35.5. The van der Waals surface area contributed by atoms with Crippen molar-refractivity contribution in [3.63, 3.8) is 0 Å². The molecular formula is C10H7Cl2NO3. The molecule has 0 aromatic heterocycles. The first-order chi connectivity index (χ1) is 7.56. The molecule has 6 heteroatoms. The van der Waals surface area contributed by atoms with Gasteiger partial charge >= 0.3 is 0 Å². The monoisotopic (exact) mass is 259 g/mol. The molecule has 4 nitrogen and oxygen atoms in total. The van der Waals surface area contributed by atoms with Crippen LogP contribution in [0.3, 0.4) is 0 Å². The van der Waals surface area contributed by atoms with Gasteiger partial charge in [-0.3, -0.25) is 10.1 Å². The van der Waals surface area contributed by atoms with Crippen molar-refractivity contribution in [2.75, 3.05) is 6.61 Å². The SMILES string of the molecule is C#CCCOc1c(Cl)cc([N+](=O)[O-])cc1Cl. The van der Waals surface area contributed by atoms with Crippen molar-refractivity contribution >= 4 is 28.9 Å². The standard InChI is InChI=1S/C10H7Cl2NO3/c1-2-3-4-16-10-8(11)5-7(13(14)15)6-9(10)12/h1,5-6H,3-4H2. The normalized spacial score (nSPS) is 9.56. The van der Waals surface area contributed by atoms with Gasteiger partial charge in [-0.1, -0.05) is 23.2 Å². The topological polar surface area (TPSA) is 52.4 Å². The Balaban J connectivity index is 2.95. The summed E-state index contributed by atoms with van der Waals surface area (Å²) in [7, 11) is 0. The van der Waals surface area contributed by atoms with Crippen molar-refractivity contribution in [3.05, 3.63) is 32.3 Å². The van der Waals surface area contributed by atoms with Gasteiger partial charge in [-0.05, 0) is 0 Å². The van der Waals surface area contributed by atoms with E-state index < -0.39 is 4.92 Å². The summed E-state index contributed by atoms with van der Waals surface area (Å²) in [5.41, 5.74) is -0.181. The Kier molecular flexibility index (Phi) is 4.41. The van der Waals surface area contributed by atoms with Gasteiger partial charge in [0.05, 0.1) is 21.6 Å². The lowest BCUT2D eigenvalue weighted by atomic mass is 10.3. The molecule has 0 N–H and O–H groups in total. The van der Waals surface area contributed by atoms with Gasteiger partial charge in [0.2, 0.25) is 0 Å². The maximum atomic E-state index is 10.5. The first-order valence-corrected chi connectivity index (χ1v) is 5.01. The molecule has 0 fully saturated rings. The first kappa shape index (κ1) is 12.6. The van der Waals surface area contributed by atoms with Crippen LogP contribution in [0.4, 0.5) is 5.69 Å². The Morgan fingerprint density at radius 1 is 1.44 bits per heavy atom. The van der Waals surface area contributed by atoms with Gasteiger partial charge in [-0.2, -0.15) is 0 Å². The van der Waals surface area contributed by atoms with E-state index in [1.807, 2.05) is 0 Å². The smallest absolute Gasteiger partial charge is 0.272 e. The fourth-order valence-electron chi connectivity index (χ4n) is 1.00. The highest BCUT2D eigenvalue weighted by molar-refractivity contribution is 6.37. The number of ether oxygens (including phenoxy) is 1. The van der Waals surface area contributed by atoms with Crippen LogP contribution in [0.25, 0.3) is 0 Å². The zero-order chi connectivity index (χ0) is 12.1. The second kappa shape index (κ2) is 5.59. The second-order valence-corrected chi connectivity index (χ2v) is 3.61. The zero-order valence-electron chi connectivity index (χ0n) is 8.07. The third-order valence-corrected chi connectivity index (χ3v) is 2.25. The Morgan fingerprint density at radius 2 is 2.00 bits per heavy atom. The van der Waals surface area contributed by atoms with E-state index in [0.717, 1.165) is 0 Å². The molecule has 1 aromatic rings. The molecule has 16 heavy (non-hydrogen) atoms. The van der Waals surface area contributed by atoms with Crippen LogP contribution in [0.1, 0.15) is 6.42 Å². The minimum atomic E-state index is -0.580. The third kappa shape index (κ3) is 3.02. The van der Waals surface area contributed by atoms with Crippen molar-refractivity contribution in [2.45, 2.75) is 6.42 Å². The predicted molar refractivity (Wildman–Crippen MR) is 62.1 cm³/mol. The van der Waals surface area contributed by atoms with E-state index in [2.05, 4.69) is 5.92 Å². The number of non-ortho nitro benzene ring substituents is 1. The zero-order valence-corrected chi connectivity index (χ0v) is 9.59. The molecule has 0 unspecified atom stereocenters. The maximum absolute atomic E-state index is 10.5. The summed E-state index contributed by atoms with van der Waals surface area (Å²) in [5.74, 6) is 2.60. The van der Waals surface area contributed by atoms with Crippen molar-refractivity contribution in [1.29, 1.82) is 0 Å². The molecule has 1 aromatic carbocycles. The van der Waals surface area contributed by atoms with E-state index in [0.29, 0.717) is 6.42 Å². The van der Waals surface area contributed by atoms with Crippen LogP contribution in [-0.4, -0.2) is 11.5 Å². The summed E-state index contributed by atoms with van der Waals surface area (Å²) in [6, 6.07) is 2.36. The summed E-state index contributed by atoms with van der Waals surface area (Å²) in [4.78, 5) is 9.92. The highest BCUT2D eigenvalue weighted by Gasteiger charge is 2.15. The Bertz CT molecular complexity index is 431. The molecule has 0 amide bonds. The van der Waals surface area contributed by atoms with E-state index >= 15 is 0 Å². The van der Waals surface area contributed by atoms with Gasteiger partial charge in [0, 0.05) is 18.6 Å². The van der Waals surface area contributed by atoms with Crippen LogP contribution < -0.4 is 4.74 Å². The Labute approximate surface area is 102 Å².